The Morgan fingerprint density at radius 2 is 1.55 bits per heavy atom. The summed E-state index contributed by atoms with van der Waals surface area (Å²) in [4.78, 5) is -0.0163. The Kier molecular flexibility index (Phi) is 8.35. The fraction of sp³-hybridized carbons (Fsp3) is 0.647. The van der Waals surface area contributed by atoms with Crippen LogP contribution in [0.15, 0.2) is 12.1 Å². The molecule has 0 aliphatic heterocycles. The third kappa shape index (κ3) is 5.90. The van der Waals surface area contributed by atoms with E-state index < -0.39 is 11.6 Å². The number of alkyl halides is 1. The molecule has 0 amide bonds. The molecule has 1 atom stereocenters. The molecule has 0 saturated carbocycles. The molecule has 0 aliphatic carbocycles. The van der Waals surface area contributed by atoms with Crippen molar-refractivity contribution in [3.8, 4) is 0 Å². The number of benzene rings is 1. The van der Waals surface area contributed by atoms with E-state index in [1.54, 1.807) is 13.0 Å². The Balaban J connectivity index is 2.32. The second-order valence-electron chi connectivity index (χ2n) is 5.50. The van der Waals surface area contributed by atoms with Crippen LogP contribution in [0.3, 0.4) is 0 Å². The first-order valence-electron chi connectivity index (χ1n) is 7.65. The van der Waals surface area contributed by atoms with Crippen LogP contribution in [0.5, 0.6) is 0 Å². The van der Waals surface area contributed by atoms with E-state index in [4.69, 9.17) is 0 Å². The largest absolute Gasteiger partial charge is 0.207 e. The van der Waals surface area contributed by atoms with Gasteiger partial charge in [0.2, 0.25) is 0 Å². The van der Waals surface area contributed by atoms with Crippen LogP contribution < -0.4 is 0 Å². The molecule has 0 aromatic heterocycles. The molecule has 0 spiro atoms. The van der Waals surface area contributed by atoms with E-state index in [-0.39, 0.29) is 4.83 Å². The fourth-order valence-corrected chi connectivity index (χ4v) is 3.03. The van der Waals surface area contributed by atoms with Gasteiger partial charge in [-0.1, -0.05) is 67.8 Å². The van der Waals surface area contributed by atoms with E-state index in [0.29, 0.717) is 11.1 Å². The van der Waals surface area contributed by atoms with Gasteiger partial charge in [0.1, 0.15) is 11.6 Å². The SMILES string of the molecule is CCCCCCCCCC(Br)c1cc(C)c(F)cc1F. The number of hydrogen-bond donors (Lipinski definition) is 0. The van der Waals surface area contributed by atoms with Crippen LogP contribution in [0.4, 0.5) is 8.78 Å². The zero-order chi connectivity index (χ0) is 15.0. The van der Waals surface area contributed by atoms with Gasteiger partial charge in [0.25, 0.3) is 0 Å². The van der Waals surface area contributed by atoms with Crippen LogP contribution >= 0.6 is 15.9 Å². The van der Waals surface area contributed by atoms with Crippen LogP contribution in [-0.4, -0.2) is 0 Å². The first-order valence-corrected chi connectivity index (χ1v) is 8.57. The molecule has 0 saturated heterocycles. The third-order valence-electron chi connectivity index (χ3n) is 3.68. The van der Waals surface area contributed by atoms with Crippen LogP contribution in [0, 0.1) is 18.6 Å². The van der Waals surface area contributed by atoms with E-state index in [0.717, 1.165) is 18.9 Å². The lowest BCUT2D eigenvalue weighted by Gasteiger charge is -2.12. The highest BCUT2D eigenvalue weighted by Crippen LogP contribution is 2.32. The third-order valence-corrected chi connectivity index (χ3v) is 4.63. The molecule has 1 aromatic carbocycles. The molecule has 0 radical (unpaired) electrons. The van der Waals surface area contributed by atoms with E-state index in [1.165, 1.54) is 38.5 Å². The zero-order valence-electron chi connectivity index (χ0n) is 12.5. The molecular weight excluding hydrogens is 322 g/mol. The standard InChI is InChI=1S/C17H25BrF2/c1-3-4-5-6-7-8-9-10-15(18)14-11-13(2)16(19)12-17(14)20/h11-12,15H,3-10H2,1-2H3. The van der Waals surface area contributed by atoms with Gasteiger partial charge in [0, 0.05) is 16.5 Å². The Bertz CT molecular complexity index is 404. The molecule has 0 heterocycles. The molecular formula is C17H25BrF2. The van der Waals surface area contributed by atoms with Crippen molar-refractivity contribution in [1.29, 1.82) is 0 Å². The highest BCUT2D eigenvalue weighted by molar-refractivity contribution is 9.09. The minimum atomic E-state index is -0.470. The van der Waals surface area contributed by atoms with Gasteiger partial charge in [-0.05, 0) is 25.0 Å². The minimum Gasteiger partial charge on any atom is -0.207 e. The predicted molar refractivity (Wildman–Crippen MR) is 85.4 cm³/mol. The lowest BCUT2D eigenvalue weighted by molar-refractivity contribution is 0.550. The van der Waals surface area contributed by atoms with Crippen molar-refractivity contribution in [2.24, 2.45) is 0 Å². The van der Waals surface area contributed by atoms with Gasteiger partial charge in [0.05, 0.1) is 0 Å². The Morgan fingerprint density at radius 3 is 2.20 bits per heavy atom. The summed E-state index contributed by atoms with van der Waals surface area (Å²) >= 11 is 3.53. The molecule has 0 N–H and O–H groups in total. The van der Waals surface area contributed by atoms with Crippen LogP contribution in [0.1, 0.15) is 74.2 Å². The molecule has 1 rings (SSSR count). The second-order valence-corrected chi connectivity index (χ2v) is 6.61. The quantitative estimate of drug-likeness (QED) is 0.338. The summed E-state index contributed by atoms with van der Waals surface area (Å²) in [6, 6.07) is 2.61. The summed E-state index contributed by atoms with van der Waals surface area (Å²) in [5.74, 6) is -0.917. The van der Waals surface area contributed by atoms with Crippen molar-refractivity contribution in [3.63, 3.8) is 0 Å². The molecule has 0 fully saturated rings. The van der Waals surface area contributed by atoms with Crippen LogP contribution in [-0.2, 0) is 0 Å². The average Bonchev–Trinajstić information content (AvgIpc) is 2.41. The molecule has 1 aromatic rings. The highest BCUT2D eigenvalue weighted by Gasteiger charge is 2.14. The first kappa shape index (κ1) is 17.6. The number of halogens is 3. The molecule has 0 aliphatic rings. The van der Waals surface area contributed by atoms with E-state index >= 15 is 0 Å². The first-order chi connectivity index (χ1) is 9.56. The van der Waals surface area contributed by atoms with Gasteiger partial charge < -0.3 is 0 Å². The van der Waals surface area contributed by atoms with E-state index in [1.807, 2.05) is 0 Å². The highest BCUT2D eigenvalue weighted by atomic mass is 79.9. The molecule has 114 valence electrons. The predicted octanol–water partition coefficient (Wildman–Crippen LogP) is 6.85. The molecule has 0 nitrogen and oxygen atoms in total. The van der Waals surface area contributed by atoms with E-state index in [2.05, 4.69) is 22.9 Å². The van der Waals surface area contributed by atoms with Crippen molar-refractivity contribution in [2.45, 2.75) is 70.0 Å². The molecule has 1 unspecified atom stereocenters. The number of hydrogen-bond acceptors (Lipinski definition) is 0. The summed E-state index contributed by atoms with van der Waals surface area (Å²) in [7, 11) is 0. The smallest absolute Gasteiger partial charge is 0.130 e. The van der Waals surface area contributed by atoms with Crippen molar-refractivity contribution in [1.82, 2.24) is 0 Å². The van der Waals surface area contributed by atoms with Crippen molar-refractivity contribution in [3.05, 3.63) is 34.9 Å². The van der Waals surface area contributed by atoms with Gasteiger partial charge in [-0.25, -0.2) is 8.78 Å². The van der Waals surface area contributed by atoms with Gasteiger partial charge in [-0.3, -0.25) is 0 Å². The fourth-order valence-electron chi connectivity index (χ4n) is 2.36. The van der Waals surface area contributed by atoms with Gasteiger partial charge in [0.15, 0.2) is 0 Å². The Labute approximate surface area is 130 Å². The minimum absolute atomic E-state index is 0.0163. The van der Waals surface area contributed by atoms with Crippen molar-refractivity contribution in [2.75, 3.05) is 0 Å². The van der Waals surface area contributed by atoms with E-state index in [9.17, 15) is 8.78 Å². The monoisotopic (exact) mass is 346 g/mol. The summed E-state index contributed by atoms with van der Waals surface area (Å²) < 4.78 is 26.9. The number of aryl methyl sites for hydroxylation is 1. The Morgan fingerprint density at radius 1 is 0.950 bits per heavy atom. The molecule has 20 heavy (non-hydrogen) atoms. The van der Waals surface area contributed by atoms with Crippen LogP contribution in [0.2, 0.25) is 0 Å². The lowest BCUT2D eigenvalue weighted by Crippen LogP contribution is -1.98. The average molecular weight is 347 g/mol. The van der Waals surface area contributed by atoms with Gasteiger partial charge >= 0.3 is 0 Å². The summed E-state index contributed by atoms with van der Waals surface area (Å²) in [6.45, 7) is 3.89. The normalized spacial score (nSPS) is 12.7. The Hall–Kier alpha value is -0.440. The lowest BCUT2D eigenvalue weighted by atomic mass is 10.0. The van der Waals surface area contributed by atoms with Gasteiger partial charge in [-0.2, -0.15) is 0 Å². The maximum Gasteiger partial charge on any atom is 0.130 e. The summed E-state index contributed by atoms with van der Waals surface area (Å²) in [5.41, 5.74) is 1.08. The second kappa shape index (κ2) is 9.49. The van der Waals surface area contributed by atoms with Crippen LogP contribution in [0.25, 0.3) is 0 Å². The van der Waals surface area contributed by atoms with Crippen molar-refractivity contribution < 1.29 is 8.78 Å². The number of rotatable bonds is 9. The molecule has 0 bridgehead atoms. The summed E-state index contributed by atoms with van der Waals surface area (Å²) in [5, 5.41) is 0. The zero-order valence-corrected chi connectivity index (χ0v) is 14.1. The molecule has 3 heteroatoms. The van der Waals surface area contributed by atoms with Gasteiger partial charge in [-0.15, -0.1) is 0 Å². The van der Waals surface area contributed by atoms with Crippen molar-refractivity contribution >= 4 is 15.9 Å². The number of unbranched alkanes of at least 4 members (excludes halogenated alkanes) is 6. The maximum atomic E-state index is 13.7. The summed E-state index contributed by atoms with van der Waals surface area (Å²) in [6.07, 6.45) is 9.63. The topological polar surface area (TPSA) is 0 Å². The maximum absolute atomic E-state index is 13.7.